The Morgan fingerprint density at radius 2 is 2.25 bits per heavy atom. The molecule has 0 saturated heterocycles. The van der Waals surface area contributed by atoms with Crippen LogP contribution in [0.3, 0.4) is 0 Å². The molecule has 2 aromatic heterocycles. The van der Waals surface area contributed by atoms with Crippen LogP contribution >= 0.6 is 0 Å². The van der Waals surface area contributed by atoms with Crippen molar-refractivity contribution in [1.82, 2.24) is 19.9 Å². The molecule has 1 amide bonds. The number of hydrogen-bond donors (Lipinski definition) is 2. The van der Waals surface area contributed by atoms with Crippen LogP contribution in [0.15, 0.2) is 37.1 Å². The minimum Gasteiger partial charge on any atom is -0.370 e. The highest BCUT2D eigenvalue weighted by Gasteiger charge is 2.05. The normalized spacial score (nSPS) is 10.2. The van der Waals surface area contributed by atoms with E-state index in [0.29, 0.717) is 18.7 Å². The van der Waals surface area contributed by atoms with Crippen LogP contribution in [0, 0.1) is 0 Å². The molecule has 0 radical (unpaired) electrons. The maximum atomic E-state index is 11.9. The number of amides is 1. The second-order valence-electron chi connectivity index (χ2n) is 4.42. The average molecular weight is 273 g/mol. The largest absolute Gasteiger partial charge is 0.370 e. The van der Waals surface area contributed by atoms with Gasteiger partial charge < -0.3 is 15.2 Å². The maximum absolute atomic E-state index is 11.9. The van der Waals surface area contributed by atoms with Crippen molar-refractivity contribution in [1.29, 1.82) is 0 Å². The van der Waals surface area contributed by atoms with Crippen LogP contribution in [-0.4, -0.2) is 33.5 Å². The zero-order chi connectivity index (χ0) is 14.2. The lowest BCUT2D eigenvalue weighted by atomic mass is 10.2. The molecule has 0 bridgehead atoms. The molecule has 0 saturated carbocycles. The van der Waals surface area contributed by atoms with Gasteiger partial charge in [-0.05, 0) is 18.6 Å². The summed E-state index contributed by atoms with van der Waals surface area (Å²) in [6, 6.07) is 3.60. The first-order valence-electron chi connectivity index (χ1n) is 6.73. The van der Waals surface area contributed by atoms with Gasteiger partial charge in [-0.25, -0.2) is 9.97 Å². The number of pyridine rings is 1. The standard InChI is InChI=1S/C14H19N5O/c1-2-5-16-13-4-3-12(10-18-13)14(20)17-7-9-19-8-6-15-11-19/h3-4,6,8,10-11H,2,5,7,9H2,1H3,(H,16,18)(H,17,20). The first-order chi connectivity index (χ1) is 9.79. The number of carbonyl (C=O) groups excluding carboxylic acids is 1. The van der Waals surface area contributed by atoms with E-state index in [-0.39, 0.29) is 5.91 Å². The van der Waals surface area contributed by atoms with Gasteiger partial charge in [0.25, 0.3) is 5.91 Å². The van der Waals surface area contributed by atoms with E-state index in [9.17, 15) is 4.79 Å². The summed E-state index contributed by atoms with van der Waals surface area (Å²) < 4.78 is 1.91. The minimum absolute atomic E-state index is 0.111. The van der Waals surface area contributed by atoms with Crippen molar-refractivity contribution in [2.24, 2.45) is 0 Å². The van der Waals surface area contributed by atoms with Gasteiger partial charge in [-0.2, -0.15) is 0 Å². The van der Waals surface area contributed by atoms with Crippen LogP contribution in [0.2, 0.25) is 0 Å². The molecule has 2 N–H and O–H groups in total. The second-order valence-corrected chi connectivity index (χ2v) is 4.42. The van der Waals surface area contributed by atoms with Crippen LogP contribution in [0.25, 0.3) is 0 Å². The molecule has 6 heteroatoms. The third kappa shape index (κ3) is 4.08. The molecule has 0 aliphatic heterocycles. The van der Waals surface area contributed by atoms with Gasteiger partial charge in [-0.15, -0.1) is 0 Å². The number of carbonyl (C=O) groups is 1. The fourth-order valence-electron chi connectivity index (χ4n) is 1.71. The molecular formula is C14H19N5O. The van der Waals surface area contributed by atoms with Crippen molar-refractivity contribution in [2.75, 3.05) is 18.4 Å². The number of hydrogen-bond acceptors (Lipinski definition) is 4. The fourth-order valence-corrected chi connectivity index (χ4v) is 1.71. The molecule has 20 heavy (non-hydrogen) atoms. The lowest BCUT2D eigenvalue weighted by Gasteiger charge is -2.07. The molecule has 0 fully saturated rings. The predicted octanol–water partition coefficient (Wildman–Crippen LogP) is 1.53. The monoisotopic (exact) mass is 273 g/mol. The van der Waals surface area contributed by atoms with Gasteiger partial charge >= 0.3 is 0 Å². The van der Waals surface area contributed by atoms with Crippen LogP contribution in [0.5, 0.6) is 0 Å². The Morgan fingerprint density at radius 1 is 1.35 bits per heavy atom. The van der Waals surface area contributed by atoms with Gasteiger partial charge in [0.05, 0.1) is 11.9 Å². The Balaban J connectivity index is 1.79. The summed E-state index contributed by atoms with van der Waals surface area (Å²) in [4.78, 5) is 20.1. The smallest absolute Gasteiger partial charge is 0.252 e. The van der Waals surface area contributed by atoms with E-state index >= 15 is 0 Å². The summed E-state index contributed by atoms with van der Waals surface area (Å²) in [5, 5.41) is 6.02. The van der Waals surface area contributed by atoms with E-state index in [1.54, 1.807) is 24.8 Å². The SMILES string of the molecule is CCCNc1ccc(C(=O)NCCn2ccnc2)cn1. The first-order valence-corrected chi connectivity index (χ1v) is 6.73. The van der Waals surface area contributed by atoms with Crippen molar-refractivity contribution >= 4 is 11.7 Å². The van der Waals surface area contributed by atoms with E-state index in [1.165, 1.54) is 0 Å². The number of nitrogens with one attached hydrogen (secondary N) is 2. The van der Waals surface area contributed by atoms with E-state index in [1.807, 2.05) is 16.8 Å². The molecule has 2 rings (SSSR count). The molecule has 0 aliphatic rings. The average Bonchev–Trinajstić information content (AvgIpc) is 2.99. The number of imidazole rings is 1. The lowest BCUT2D eigenvalue weighted by Crippen LogP contribution is -2.27. The number of anilines is 1. The highest BCUT2D eigenvalue weighted by molar-refractivity contribution is 5.93. The topological polar surface area (TPSA) is 71.8 Å². The van der Waals surface area contributed by atoms with Crippen LogP contribution in [-0.2, 0) is 6.54 Å². The Kier molecular flexibility index (Phi) is 5.11. The summed E-state index contributed by atoms with van der Waals surface area (Å²) >= 11 is 0. The molecule has 106 valence electrons. The predicted molar refractivity (Wildman–Crippen MR) is 77.6 cm³/mol. The zero-order valence-electron chi connectivity index (χ0n) is 11.5. The number of rotatable bonds is 7. The van der Waals surface area contributed by atoms with E-state index < -0.39 is 0 Å². The molecule has 0 atom stereocenters. The van der Waals surface area contributed by atoms with Gasteiger partial charge in [0.2, 0.25) is 0 Å². The Labute approximate surface area is 118 Å². The third-order valence-corrected chi connectivity index (χ3v) is 2.80. The lowest BCUT2D eigenvalue weighted by molar-refractivity contribution is 0.0952. The van der Waals surface area contributed by atoms with Gasteiger partial charge in [0, 0.05) is 38.2 Å². The van der Waals surface area contributed by atoms with Crippen molar-refractivity contribution in [3.63, 3.8) is 0 Å². The number of nitrogens with zero attached hydrogens (tertiary/aromatic N) is 3. The first kappa shape index (κ1) is 14.0. The summed E-state index contributed by atoms with van der Waals surface area (Å²) in [6.45, 7) is 4.23. The Hall–Kier alpha value is -2.37. The van der Waals surface area contributed by atoms with Crippen molar-refractivity contribution in [3.05, 3.63) is 42.6 Å². The minimum atomic E-state index is -0.111. The quantitative estimate of drug-likeness (QED) is 0.802. The fraction of sp³-hybridized carbons (Fsp3) is 0.357. The second kappa shape index (κ2) is 7.28. The van der Waals surface area contributed by atoms with Gasteiger partial charge in [0.1, 0.15) is 5.82 Å². The molecule has 0 aliphatic carbocycles. The van der Waals surface area contributed by atoms with E-state index in [2.05, 4.69) is 27.5 Å². The van der Waals surface area contributed by atoms with Gasteiger partial charge in [-0.3, -0.25) is 4.79 Å². The molecular weight excluding hydrogens is 254 g/mol. The Morgan fingerprint density at radius 3 is 2.90 bits per heavy atom. The van der Waals surface area contributed by atoms with Crippen molar-refractivity contribution in [2.45, 2.75) is 19.9 Å². The highest BCUT2D eigenvalue weighted by Crippen LogP contribution is 2.05. The summed E-state index contributed by atoms with van der Waals surface area (Å²) in [5.74, 6) is 0.682. The maximum Gasteiger partial charge on any atom is 0.252 e. The molecule has 6 nitrogen and oxygen atoms in total. The molecule has 2 aromatic rings. The highest BCUT2D eigenvalue weighted by atomic mass is 16.1. The van der Waals surface area contributed by atoms with Gasteiger partial charge in [-0.1, -0.05) is 6.92 Å². The molecule has 0 aromatic carbocycles. The zero-order valence-corrected chi connectivity index (χ0v) is 11.5. The van der Waals surface area contributed by atoms with Gasteiger partial charge in [0.15, 0.2) is 0 Å². The van der Waals surface area contributed by atoms with Crippen molar-refractivity contribution in [3.8, 4) is 0 Å². The third-order valence-electron chi connectivity index (χ3n) is 2.80. The van der Waals surface area contributed by atoms with Crippen LogP contribution < -0.4 is 10.6 Å². The summed E-state index contributed by atoms with van der Waals surface area (Å²) in [5.41, 5.74) is 0.567. The van der Waals surface area contributed by atoms with Crippen molar-refractivity contribution < 1.29 is 4.79 Å². The summed E-state index contributed by atoms with van der Waals surface area (Å²) in [6.07, 6.45) is 7.93. The van der Waals surface area contributed by atoms with E-state index in [4.69, 9.17) is 0 Å². The molecule has 0 spiro atoms. The summed E-state index contributed by atoms with van der Waals surface area (Å²) in [7, 11) is 0. The Bertz CT molecular complexity index is 521. The van der Waals surface area contributed by atoms with E-state index in [0.717, 1.165) is 18.8 Å². The molecule has 2 heterocycles. The number of aromatic nitrogens is 3. The van der Waals surface area contributed by atoms with Crippen LogP contribution in [0.1, 0.15) is 23.7 Å². The molecule has 0 unspecified atom stereocenters. The van der Waals surface area contributed by atoms with Crippen LogP contribution in [0.4, 0.5) is 5.82 Å².